The molecule has 0 radical (unpaired) electrons. The Morgan fingerprint density at radius 1 is 1.38 bits per heavy atom. The Labute approximate surface area is 104 Å². The van der Waals surface area contributed by atoms with Crippen LogP contribution in [0.4, 0.5) is 0 Å². The minimum atomic E-state index is -0.938. The highest BCUT2D eigenvalue weighted by molar-refractivity contribution is 9.10. The molecule has 0 aliphatic heterocycles. The van der Waals surface area contributed by atoms with E-state index in [0.29, 0.717) is 0 Å². The van der Waals surface area contributed by atoms with Crippen molar-refractivity contribution in [1.29, 1.82) is 0 Å². The van der Waals surface area contributed by atoms with Gasteiger partial charge in [0.25, 0.3) is 0 Å². The van der Waals surface area contributed by atoms with Gasteiger partial charge in [0.1, 0.15) is 0 Å². The standard InChI is InChI=1S/C13H15BrO2/c1-13(2,3)10-6-4-9(11(14)8-10)5-7-12(15)16/h4-8H,1-3H3,(H,15,16). The smallest absolute Gasteiger partial charge is 0.328 e. The molecule has 0 aromatic heterocycles. The molecule has 0 amide bonds. The van der Waals surface area contributed by atoms with Crippen molar-refractivity contribution >= 4 is 28.0 Å². The maximum Gasteiger partial charge on any atom is 0.328 e. The molecule has 1 rings (SSSR count). The molecule has 16 heavy (non-hydrogen) atoms. The Balaban J connectivity index is 3.05. The highest BCUT2D eigenvalue weighted by Crippen LogP contribution is 2.27. The molecule has 3 heteroatoms. The molecule has 86 valence electrons. The van der Waals surface area contributed by atoms with Crippen molar-refractivity contribution in [2.24, 2.45) is 0 Å². The zero-order valence-corrected chi connectivity index (χ0v) is 11.2. The van der Waals surface area contributed by atoms with Crippen molar-refractivity contribution in [2.75, 3.05) is 0 Å². The lowest BCUT2D eigenvalue weighted by molar-refractivity contribution is -0.131. The number of carboxylic acids is 1. The number of carboxylic acid groups (broad SMARTS) is 1. The van der Waals surface area contributed by atoms with Crippen molar-refractivity contribution in [2.45, 2.75) is 26.2 Å². The van der Waals surface area contributed by atoms with Crippen LogP contribution in [0.2, 0.25) is 0 Å². The number of hydrogen-bond donors (Lipinski definition) is 1. The maximum atomic E-state index is 10.4. The first-order chi connectivity index (χ1) is 7.30. The van der Waals surface area contributed by atoms with Crippen molar-refractivity contribution in [3.8, 4) is 0 Å². The summed E-state index contributed by atoms with van der Waals surface area (Å²) >= 11 is 3.45. The second-order valence-electron chi connectivity index (χ2n) is 4.66. The van der Waals surface area contributed by atoms with E-state index in [1.165, 1.54) is 5.56 Å². The van der Waals surface area contributed by atoms with Gasteiger partial charge in [-0.25, -0.2) is 4.79 Å². The van der Waals surface area contributed by atoms with Crippen molar-refractivity contribution in [3.05, 3.63) is 39.9 Å². The first kappa shape index (κ1) is 13.0. The fourth-order valence-electron chi connectivity index (χ4n) is 1.29. The Morgan fingerprint density at radius 3 is 2.44 bits per heavy atom. The van der Waals surface area contributed by atoms with Gasteiger partial charge in [0.2, 0.25) is 0 Å². The largest absolute Gasteiger partial charge is 0.478 e. The monoisotopic (exact) mass is 282 g/mol. The van der Waals surface area contributed by atoms with E-state index in [-0.39, 0.29) is 5.41 Å². The van der Waals surface area contributed by atoms with E-state index in [0.717, 1.165) is 16.1 Å². The molecule has 0 saturated carbocycles. The molecule has 0 fully saturated rings. The van der Waals surface area contributed by atoms with E-state index in [1.54, 1.807) is 6.08 Å². The zero-order valence-electron chi connectivity index (χ0n) is 9.62. The third kappa shape index (κ3) is 3.49. The average molecular weight is 283 g/mol. The third-order valence-corrected chi connectivity index (χ3v) is 2.96. The van der Waals surface area contributed by atoms with Gasteiger partial charge in [-0.1, -0.05) is 48.8 Å². The fraction of sp³-hybridized carbons (Fsp3) is 0.308. The number of aliphatic carboxylic acids is 1. The van der Waals surface area contributed by atoms with Gasteiger partial charge in [-0.2, -0.15) is 0 Å². The first-order valence-corrected chi connectivity index (χ1v) is 5.81. The van der Waals surface area contributed by atoms with Gasteiger partial charge in [-0.15, -0.1) is 0 Å². The van der Waals surface area contributed by atoms with E-state index < -0.39 is 5.97 Å². The van der Waals surface area contributed by atoms with Crippen molar-refractivity contribution in [1.82, 2.24) is 0 Å². The molecule has 1 N–H and O–H groups in total. The Hall–Kier alpha value is -1.09. The second-order valence-corrected chi connectivity index (χ2v) is 5.51. The molecule has 0 aliphatic carbocycles. The number of halogens is 1. The second kappa shape index (κ2) is 4.83. The topological polar surface area (TPSA) is 37.3 Å². The number of hydrogen-bond acceptors (Lipinski definition) is 1. The normalized spacial score (nSPS) is 12.0. The summed E-state index contributed by atoms with van der Waals surface area (Å²) < 4.78 is 0.914. The summed E-state index contributed by atoms with van der Waals surface area (Å²) in [6.45, 7) is 6.42. The number of carbonyl (C=O) groups is 1. The quantitative estimate of drug-likeness (QED) is 0.837. The summed E-state index contributed by atoms with van der Waals surface area (Å²) in [5.74, 6) is -0.938. The molecule has 0 atom stereocenters. The molecular weight excluding hydrogens is 268 g/mol. The summed E-state index contributed by atoms with van der Waals surface area (Å²) in [4.78, 5) is 10.4. The van der Waals surface area contributed by atoms with Gasteiger partial charge in [0.15, 0.2) is 0 Å². The Bertz CT molecular complexity index is 428. The summed E-state index contributed by atoms with van der Waals surface area (Å²) in [5.41, 5.74) is 2.18. The zero-order chi connectivity index (χ0) is 12.3. The minimum Gasteiger partial charge on any atom is -0.478 e. The molecule has 0 heterocycles. The van der Waals surface area contributed by atoms with E-state index in [4.69, 9.17) is 5.11 Å². The molecule has 2 nitrogen and oxygen atoms in total. The lowest BCUT2D eigenvalue weighted by Crippen LogP contribution is -2.10. The van der Waals surface area contributed by atoms with Crippen LogP contribution in [0.3, 0.4) is 0 Å². The van der Waals surface area contributed by atoms with Crippen LogP contribution >= 0.6 is 15.9 Å². The molecule has 0 unspecified atom stereocenters. The number of rotatable bonds is 2. The minimum absolute atomic E-state index is 0.0948. The molecule has 1 aromatic rings. The third-order valence-electron chi connectivity index (χ3n) is 2.27. The van der Waals surface area contributed by atoms with Crippen LogP contribution in [-0.2, 0) is 10.2 Å². The Morgan fingerprint density at radius 2 is 2.00 bits per heavy atom. The predicted molar refractivity (Wildman–Crippen MR) is 69.5 cm³/mol. The van der Waals surface area contributed by atoms with Crippen molar-refractivity contribution in [3.63, 3.8) is 0 Å². The van der Waals surface area contributed by atoms with Crippen LogP contribution in [-0.4, -0.2) is 11.1 Å². The van der Waals surface area contributed by atoms with Crippen LogP contribution in [0.5, 0.6) is 0 Å². The summed E-state index contributed by atoms with van der Waals surface area (Å²) in [6.07, 6.45) is 2.72. The highest BCUT2D eigenvalue weighted by Gasteiger charge is 2.14. The fourth-order valence-corrected chi connectivity index (χ4v) is 1.80. The van der Waals surface area contributed by atoms with E-state index in [9.17, 15) is 4.79 Å². The molecular formula is C13H15BrO2. The van der Waals surface area contributed by atoms with Crippen LogP contribution < -0.4 is 0 Å². The van der Waals surface area contributed by atoms with Gasteiger partial charge in [-0.3, -0.25) is 0 Å². The van der Waals surface area contributed by atoms with Crippen LogP contribution in [0.1, 0.15) is 31.9 Å². The van der Waals surface area contributed by atoms with Gasteiger partial charge in [0, 0.05) is 10.5 Å². The molecule has 0 spiro atoms. The lowest BCUT2D eigenvalue weighted by Gasteiger charge is -2.19. The molecule has 0 saturated heterocycles. The van der Waals surface area contributed by atoms with E-state index in [1.807, 2.05) is 18.2 Å². The summed E-state index contributed by atoms with van der Waals surface area (Å²) in [7, 11) is 0. The van der Waals surface area contributed by atoms with Gasteiger partial charge in [-0.05, 0) is 28.7 Å². The SMILES string of the molecule is CC(C)(C)c1ccc(C=CC(=O)O)c(Br)c1. The van der Waals surface area contributed by atoms with Crippen LogP contribution in [0.25, 0.3) is 6.08 Å². The van der Waals surface area contributed by atoms with E-state index in [2.05, 4.69) is 36.7 Å². The number of benzene rings is 1. The van der Waals surface area contributed by atoms with Crippen LogP contribution in [0.15, 0.2) is 28.7 Å². The predicted octanol–water partition coefficient (Wildman–Crippen LogP) is 3.84. The average Bonchev–Trinajstić information content (AvgIpc) is 2.14. The van der Waals surface area contributed by atoms with Crippen molar-refractivity contribution < 1.29 is 9.90 Å². The highest BCUT2D eigenvalue weighted by atomic mass is 79.9. The van der Waals surface area contributed by atoms with Gasteiger partial charge < -0.3 is 5.11 Å². The first-order valence-electron chi connectivity index (χ1n) is 5.02. The van der Waals surface area contributed by atoms with Crippen LogP contribution in [0, 0.1) is 0 Å². The lowest BCUT2D eigenvalue weighted by atomic mass is 9.87. The summed E-state index contributed by atoms with van der Waals surface area (Å²) in [5, 5.41) is 8.55. The van der Waals surface area contributed by atoms with Gasteiger partial charge in [0.05, 0.1) is 0 Å². The summed E-state index contributed by atoms with van der Waals surface area (Å²) in [6, 6.07) is 5.97. The van der Waals surface area contributed by atoms with Gasteiger partial charge >= 0.3 is 5.97 Å². The Kier molecular flexibility index (Phi) is 3.92. The molecule has 1 aromatic carbocycles. The molecule has 0 bridgehead atoms. The maximum absolute atomic E-state index is 10.4. The van der Waals surface area contributed by atoms with E-state index >= 15 is 0 Å². The molecule has 0 aliphatic rings.